The van der Waals surface area contributed by atoms with E-state index < -0.39 is 28.3 Å². The van der Waals surface area contributed by atoms with E-state index in [0.29, 0.717) is 16.5 Å². The third kappa shape index (κ3) is 5.34. The largest absolute Gasteiger partial charge is 0.497 e. The van der Waals surface area contributed by atoms with E-state index in [1.54, 1.807) is 37.3 Å². The molecule has 162 valence electrons. The molecule has 0 saturated heterocycles. The summed E-state index contributed by atoms with van der Waals surface area (Å²) in [6, 6.07) is 15.6. The van der Waals surface area contributed by atoms with E-state index in [9.17, 15) is 17.6 Å². The van der Waals surface area contributed by atoms with Crippen LogP contribution in [0, 0.1) is 12.7 Å². The summed E-state index contributed by atoms with van der Waals surface area (Å²) in [5.74, 6) is -0.582. The molecule has 0 spiro atoms. The number of nitrogens with zero attached hydrogens (tertiary/aromatic N) is 1. The Balaban J connectivity index is 1.94. The third-order valence-corrected chi connectivity index (χ3v) is 6.53. The van der Waals surface area contributed by atoms with Crippen LogP contribution in [-0.2, 0) is 14.8 Å². The zero-order chi connectivity index (χ0) is 22.6. The predicted octanol–water partition coefficient (Wildman–Crippen LogP) is 4.63. The lowest BCUT2D eigenvalue weighted by atomic mass is 10.2. The fourth-order valence-corrected chi connectivity index (χ4v) is 4.53. The summed E-state index contributed by atoms with van der Waals surface area (Å²) in [5.41, 5.74) is 1.51. The lowest BCUT2D eigenvalue weighted by molar-refractivity contribution is -0.114. The van der Waals surface area contributed by atoms with Crippen LogP contribution in [0.4, 0.5) is 15.8 Å². The van der Waals surface area contributed by atoms with Gasteiger partial charge in [-0.1, -0.05) is 11.6 Å². The molecule has 0 fully saturated rings. The highest BCUT2D eigenvalue weighted by Gasteiger charge is 2.27. The molecule has 6 nitrogen and oxygen atoms in total. The van der Waals surface area contributed by atoms with Gasteiger partial charge in [-0.3, -0.25) is 9.10 Å². The predicted molar refractivity (Wildman–Crippen MR) is 119 cm³/mol. The molecule has 1 N–H and O–H groups in total. The smallest absolute Gasteiger partial charge is 0.264 e. The average molecular weight is 463 g/mol. The molecule has 0 saturated carbocycles. The van der Waals surface area contributed by atoms with Crippen molar-refractivity contribution >= 4 is 38.9 Å². The fourth-order valence-electron chi connectivity index (χ4n) is 2.88. The number of carbonyl (C=O) groups excluding carboxylic acids is 1. The number of carbonyl (C=O) groups is 1. The van der Waals surface area contributed by atoms with Gasteiger partial charge >= 0.3 is 0 Å². The van der Waals surface area contributed by atoms with Gasteiger partial charge in [0.15, 0.2) is 0 Å². The van der Waals surface area contributed by atoms with Crippen LogP contribution in [0.1, 0.15) is 5.56 Å². The normalized spacial score (nSPS) is 11.1. The first-order valence-corrected chi connectivity index (χ1v) is 11.0. The molecule has 0 aliphatic carbocycles. The van der Waals surface area contributed by atoms with Crippen molar-refractivity contribution in [1.29, 1.82) is 0 Å². The van der Waals surface area contributed by atoms with Crippen LogP contribution in [0.5, 0.6) is 5.75 Å². The quantitative estimate of drug-likeness (QED) is 0.555. The van der Waals surface area contributed by atoms with Gasteiger partial charge in [-0.25, -0.2) is 12.8 Å². The summed E-state index contributed by atoms with van der Waals surface area (Å²) in [4.78, 5) is 12.6. The first-order chi connectivity index (χ1) is 14.7. The minimum atomic E-state index is -4.15. The number of nitrogens with one attached hydrogen (secondary N) is 1. The average Bonchev–Trinajstić information content (AvgIpc) is 2.74. The molecule has 3 aromatic rings. The summed E-state index contributed by atoms with van der Waals surface area (Å²) < 4.78 is 45.9. The molecule has 0 aliphatic heterocycles. The summed E-state index contributed by atoms with van der Waals surface area (Å²) in [7, 11) is -2.66. The summed E-state index contributed by atoms with van der Waals surface area (Å²) in [6.45, 7) is 1.28. The minimum Gasteiger partial charge on any atom is -0.497 e. The van der Waals surface area contributed by atoms with Crippen LogP contribution in [0.2, 0.25) is 5.02 Å². The number of methoxy groups -OCH3 is 1. The van der Waals surface area contributed by atoms with Crippen molar-refractivity contribution in [2.24, 2.45) is 0 Å². The Bertz CT molecular complexity index is 1180. The van der Waals surface area contributed by atoms with Gasteiger partial charge in [0.1, 0.15) is 18.1 Å². The molecule has 9 heteroatoms. The maximum atomic E-state index is 13.3. The van der Waals surface area contributed by atoms with Gasteiger partial charge in [-0.2, -0.15) is 0 Å². The molecule has 0 radical (unpaired) electrons. The molecular weight excluding hydrogens is 443 g/mol. The Hall–Kier alpha value is -3.10. The summed E-state index contributed by atoms with van der Waals surface area (Å²) in [5, 5.41) is 3.23. The number of benzene rings is 3. The number of anilines is 2. The van der Waals surface area contributed by atoms with E-state index in [2.05, 4.69) is 5.32 Å². The van der Waals surface area contributed by atoms with E-state index in [4.69, 9.17) is 16.3 Å². The van der Waals surface area contributed by atoms with Crippen molar-refractivity contribution in [1.82, 2.24) is 0 Å². The van der Waals surface area contributed by atoms with E-state index in [0.717, 1.165) is 34.1 Å². The third-order valence-electron chi connectivity index (χ3n) is 4.51. The molecule has 0 aliphatic rings. The first kappa shape index (κ1) is 22.6. The number of ether oxygens (including phenoxy) is 1. The van der Waals surface area contributed by atoms with Crippen molar-refractivity contribution in [3.05, 3.63) is 83.1 Å². The Kier molecular flexibility index (Phi) is 6.82. The second-order valence-corrected chi connectivity index (χ2v) is 8.97. The van der Waals surface area contributed by atoms with E-state index >= 15 is 0 Å². The maximum absolute atomic E-state index is 13.3. The van der Waals surface area contributed by atoms with E-state index in [-0.39, 0.29) is 10.6 Å². The fraction of sp³-hybridized carbons (Fsp3) is 0.136. The summed E-state index contributed by atoms with van der Waals surface area (Å²) >= 11 is 5.94. The molecule has 31 heavy (non-hydrogen) atoms. The van der Waals surface area contributed by atoms with Crippen molar-refractivity contribution in [2.75, 3.05) is 23.3 Å². The molecular formula is C22H20ClFN2O4S. The summed E-state index contributed by atoms with van der Waals surface area (Å²) in [6.07, 6.45) is 0. The highest BCUT2D eigenvalue weighted by molar-refractivity contribution is 7.92. The van der Waals surface area contributed by atoms with Crippen LogP contribution in [0.25, 0.3) is 0 Å². The molecule has 0 bridgehead atoms. The van der Waals surface area contributed by atoms with Crippen molar-refractivity contribution < 1.29 is 22.3 Å². The molecule has 0 unspecified atom stereocenters. The Morgan fingerprint density at radius 2 is 1.71 bits per heavy atom. The first-order valence-electron chi connectivity index (χ1n) is 9.19. The molecule has 0 aromatic heterocycles. The number of rotatable bonds is 7. The van der Waals surface area contributed by atoms with Gasteiger partial charge in [-0.15, -0.1) is 0 Å². The molecule has 0 heterocycles. The number of hydrogen-bond acceptors (Lipinski definition) is 4. The zero-order valence-corrected chi connectivity index (χ0v) is 18.4. The second kappa shape index (κ2) is 9.36. The Morgan fingerprint density at radius 3 is 2.29 bits per heavy atom. The van der Waals surface area contributed by atoms with Crippen molar-refractivity contribution in [3.63, 3.8) is 0 Å². The number of sulfonamides is 1. The molecule has 3 rings (SSSR count). The molecule has 1 amide bonds. The SMILES string of the molecule is COc1ccc(N(CC(=O)Nc2ccc(Cl)cc2C)S(=O)(=O)c2ccc(F)cc2)cc1. The lowest BCUT2D eigenvalue weighted by Gasteiger charge is -2.24. The maximum Gasteiger partial charge on any atom is 0.264 e. The van der Waals surface area contributed by atoms with Gasteiger partial charge in [0.2, 0.25) is 5.91 Å². The topological polar surface area (TPSA) is 75.7 Å². The van der Waals surface area contributed by atoms with Crippen LogP contribution < -0.4 is 14.4 Å². The van der Waals surface area contributed by atoms with Gasteiger partial charge in [-0.05, 0) is 79.2 Å². The molecule has 3 aromatic carbocycles. The van der Waals surface area contributed by atoms with Crippen molar-refractivity contribution in [2.45, 2.75) is 11.8 Å². The van der Waals surface area contributed by atoms with E-state index in [1.807, 2.05) is 0 Å². The monoisotopic (exact) mass is 462 g/mol. The Labute approximate surface area is 185 Å². The van der Waals surface area contributed by atoms with Gasteiger partial charge < -0.3 is 10.1 Å². The van der Waals surface area contributed by atoms with Gasteiger partial charge in [0.25, 0.3) is 10.0 Å². The highest BCUT2D eigenvalue weighted by atomic mass is 35.5. The number of halogens is 2. The van der Waals surface area contributed by atoms with Gasteiger partial charge in [0, 0.05) is 10.7 Å². The lowest BCUT2D eigenvalue weighted by Crippen LogP contribution is -2.38. The van der Waals surface area contributed by atoms with E-state index in [1.165, 1.54) is 19.2 Å². The minimum absolute atomic E-state index is 0.139. The second-order valence-electron chi connectivity index (χ2n) is 6.67. The van der Waals surface area contributed by atoms with Crippen LogP contribution in [-0.4, -0.2) is 28.0 Å². The molecule has 0 atom stereocenters. The van der Waals surface area contributed by atoms with Crippen LogP contribution >= 0.6 is 11.6 Å². The number of hydrogen-bond donors (Lipinski definition) is 1. The van der Waals surface area contributed by atoms with Crippen LogP contribution in [0.3, 0.4) is 0 Å². The van der Waals surface area contributed by atoms with Crippen LogP contribution in [0.15, 0.2) is 71.6 Å². The Morgan fingerprint density at radius 1 is 1.06 bits per heavy atom. The zero-order valence-electron chi connectivity index (χ0n) is 16.8. The highest BCUT2D eigenvalue weighted by Crippen LogP contribution is 2.26. The van der Waals surface area contributed by atoms with Gasteiger partial charge in [0.05, 0.1) is 17.7 Å². The number of aryl methyl sites for hydroxylation is 1. The standard InChI is InChI=1S/C22H20ClFN2O4S/c1-15-13-16(23)3-12-21(15)25-22(27)14-26(18-6-8-19(30-2)9-7-18)31(28,29)20-10-4-17(24)5-11-20/h3-13H,14H2,1-2H3,(H,25,27). The van der Waals surface area contributed by atoms with Crippen molar-refractivity contribution in [3.8, 4) is 5.75 Å². The number of amides is 1.